The zero-order valence-electron chi connectivity index (χ0n) is 14.4. The second kappa shape index (κ2) is 7.40. The molecule has 1 fully saturated rings. The Morgan fingerprint density at radius 2 is 1.96 bits per heavy atom. The van der Waals surface area contributed by atoms with E-state index >= 15 is 0 Å². The molecule has 0 atom stereocenters. The lowest BCUT2D eigenvalue weighted by Crippen LogP contribution is -2.13. The summed E-state index contributed by atoms with van der Waals surface area (Å²) in [7, 11) is 0. The molecule has 3 rings (SSSR count). The number of carbonyl (C=O) groups excluding carboxylic acids is 1. The highest BCUT2D eigenvalue weighted by molar-refractivity contribution is 5.92. The predicted octanol–water partition coefficient (Wildman–Crippen LogP) is 5.33. The maximum Gasteiger partial charge on any atom is 0.416 e. The Morgan fingerprint density at radius 3 is 2.65 bits per heavy atom. The number of hydrogen-bond acceptors (Lipinski definition) is 2. The molecule has 1 saturated carbocycles. The molecule has 0 aliphatic heterocycles. The van der Waals surface area contributed by atoms with Crippen LogP contribution in [0, 0.1) is 12.8 Å². The van der Waals surface area contributed by atoms with Crippen LogP contribution in [0.3, 0.4) is 0 Å². The highest BCUT2D eigenvalue weighted by Crippen LogP contribution is 2.34. The number of alkyl halides is 3. The second-order valence-corrected chi connectivity index (χ2v) is 6.68. The molecule has 3 nitrogen and oxygen atoms in total. The first-order valence-corrected chi connectivity index (χ1v) is 8.51. The molecule has 0 heterocycles. The molecule has 0 saturated heterocycles. The number of anilines is 1. The Labute approximate surface area is 150 Å². The molecule has 0 aromatic heterocycles. The van der Waals surface area contributed by atoms with E-state index in [0.717, 1.165) is 30.5 Å². The molecule has 1 amide bonds. The van der Waals surface area contributed by atoms with E-state index in [4.69, 9.17) is 4.74 Å². The van der Waals surface area contributed by atoms with Gasteiger partial charge in [0.1, 0.15) is 12.4 Å². The summed E-state index contributed by atoms with van der Waals surface area (Å²) in [5, 5.41) is 2.84. The number of nitrogens with one attached hydrogen (secondary N) is 1. The minimum absolute atomic E-state index is 0.0150. The van der Waals surface area contributed by atoms with Crippen LogP contribution in [-0.2, 0) is 17.6 Å². The van der Waals surface area contributed by atoms with E-state index in [1.165, 1.54) is 6.07 Å². The van der Waals surface area contributed by atoms with Crippen LogP contribution >= 0.6 is 0 Å². The van der Waals surface area contributed by atoms with Crippen molar-refractivity contribution in [3.63, 3.8) is 0 Å². The third-order valence-corrected chi connectivity index (χ3v) is 4.23. The zero-order chi connectivity index (χ0) is 18.7. The number of benzene rings is 2. The molecule has 6 heteroatoms. The van der Waals surface area contributed by atoms with Gasteiger partial charge in [0, 0.05) is 6.42 Å². The maximum absolute atomic E-state index is 12.8. The molecule has 1 aliphatic rings. The number of ether oxygens (including phenoxy) is 1. The van der Waals surface area contributed by atoms with E-state index in [1.54, 1.807) is 18.2 Å². The van der Waals surface area contributed by atoms with Gasteiger partial charge in [-0.2, -0.15) is 13.2 Å². The fourth-order valence-corrected chi connectivity index (χ4v) is 2.64. The number of aryl methyl sites for hydroxylation is 1. The molecule has 0 unspecified atom stereocenters. The highest BCUT2D eigenvalue weighted by Gasteiger charge is 2.30. The van der Waals surface area contributed by atoms with Crippen molar-refractivity contribution in [2.45, 2.75) is 39.0 Å². The molecule has 138 valence electrons. The Kier molecular flexibility index (Phi) is 5.20. The maximum atomic E-state index is 12.8. The first kappa shape index (κ1) is 18.3. The zero-order valence-corrected chi connectivity index (χ0v) is 14.4. The van der Waals surface area contributed by atoms with Crippen molar-refractivity contribution in [3.05, 3.63) is 59.2 Å². The van der Waals surface area contributed by atoms with E-state index < -0.39 is 11.7 Å². The average Bonchev–Trinajstić information content (AvgIpc) is 3.38. The monoisotopic (exact) mass is 363 g/mol. The lowest BCUT2D eigenvalue weighted by molar-refractivity contribution is -0.137. The summed E-state index contributed by atoms with van der Waals surface area (Å²) in [4.78, 5) is 12.0. The van der Waals surface area contributed by atoms with E-state index in [0.29, 0.717) is 29.3 Å². The van der Waals surface area contributed by atoms with Crippen LogP contribution in [0.1, 0.15) is 36.0 Å². The molecular weight excluding hydrogens is 343 g/mol. The van der Waals surface area contributed by atoms with Crippen molar-refractivity contribution >= 4 is 11.6 Å². The Morgan fingerprint density at radius 1 is 1.19 bits per heavy atom. The Hall–Kier alpha value is -2.50. The Balaban J connectivity index is 1.70. The van der Waals surface area contributed by atoms with Gasteiger partial charge in [0.25, 0.3) is 0 Å². The van der Waals surface area contributed by atoms with Crippen molar-refractivity contribution in [3.8, 4) is 5.75 Å². The number of carbonyl (C=O) groups is 1. The van der Waals surface area contributed by atoms with Crippen LogP contribution in [0.2, 0.25) is 0 Å². The van der Waals surface area contributed by atoms with Crippen LogP contribution in [0.4, 0.5) is 18.9 Å². The van der Waals surface area contributed by atoms with E-state index in [1.807, 2.05) is 13.0 Å². The number of rotatable bonds is 6. The van der Waals surface area contributed by atoms with Crippen LogP contribution < -0.4 is 10.1 Å². The minimum Gasteiger partial charge on any atom is -0.487 e. The van der Waals surface area contributed by atoms with Crippen molar-refractivity contribution in [2.75, 3.05) is 5.32 Å². The summed E-state index contributed by atoms with van der Waals surface area (Å²) in [6.45, 7) is 1.87. The van der Waals surface area contributed by atoms with Gasteiger partial charge in [-0.3, -0.25) is 4.79 Å². The molecule has 2 aromatic rings. The lowest BCUT2D eigenvalue weighted by atomic mass is 10.1. The quantitative estimate of drug-likeness (QED) is 0.753. The highest BCUT2D eigenvalue weighted by atomic mass is 19.4. The average molecular weight is 363 g/mol. The molecule has 2 aromatic carbocycles. The summed E-state index contributed by atoms with van der Waals surface area (Å²) in [5.41, 5.74) is 1.18. The van der Waals surface area contributed by atoms with Crippen LogP contribution in [-0.4, -0.2) is 5.91 Å². The van der Waals surface area contributed by atoms with Gasteiger partial charge in [0.05, 0.1) is 11.3 Å². The largest absolute Gasteiger partial charge is 0.487 e. The summed E-state index contributed by atoms with van der Waals surface area (Å²) in [6, 6.07) is 10.4. The van der Waals surface area contributed by atoms with Gasteiger partial charge >= 0.3 is 6.18 Å². The molecule has 1 N–H and O–H groups in total. The number of halogens is 3. The summed E-state index contributed by atoms with van der Waals surface area (Å²) < 4.78 is 44.1. The van der Waals surface area contributed by atoms with Gasteiger partial charge in [0.2, 0.25) is 5.91 Å². The third-order valence-electron chi connectivity index (χ3n) is 4.23. The molecule has 0 radical (unpaired) electrons. The summed E-state index contributed by atoms with van der Waals surface area (Å²) in [5.74, 6) is 0.849. The van der Waals surface area contributed by atoms with Crippen LogP contribution in [0.5, 0.6) is 5.75 Å². The smallest absolute Gasteiger partial charge is 0.416 e. The van der Waals surface area contributed by atoms with Gasteiger partial charge in [0.15, 0.2) is 0 Å². The second-order valence-electron chi connectivity index (χ2n) is 6.68. The molecule has 26 heavy (non-hydrogen) atoms. The van der Waals surface area contributed by atoms with Gasteiger partial charge in [-0.05, 0) is 61.1 Å². The number of amides is 1. The normalized spacial score (nSPS) is 14.2. The van der Waals surface area contributed by atoms with Crippen molar-refractivity contribution < 1.29 is 22.7 Å². The first-order chi connectivity index (χ1) is 12.3. The fraction of sp³-hybridized carbons (Fsp3) is 0.350. The van der Waals surface area contributed by atoms with Gasteiger partial charge in [-0.1, -0.05) is 18.2 Å². The SMILES string of the molecule is Cc1ccc(NC(=O)CC2CC2)c(OCc2cccc(C(F)(F)F)c2)c1. The Bertz CT molecular complexity index is 798. The van der Waals surface area contributed by atoms with E-state index in [9.17, 15) is 18.0 Å². The van der Waals surface area contributed by atoms with Gasteiger partial charge < -0.3 is 10.1 Å². The lowest BCUT2D eigenvalue weighted by Gasteiger charge is -2.14. The third kappa shape index (κ3) is 5.00. The molecule has 0 bridgehead atoms. The van der Waals surface area contributed by atoms with Gasteiger partial charge in [-0.15, -0.1) is 0 Å². The van der Waals surface area contributed by atoms with Gasteiger partial charge in [-0.25, -0.2) is 0 Å². The summed E-state index contributed by atoms with van der Waals surface area (Å²) in [6.07, 6.45) is -1.73. The molecule has 0 spiro atoms. The van der Waals surface area contributed by atoms with E-state index in [2.05, 4.69) is 5.32 Å². The predicted molar refractivity (Wildman–Crippen MR) is 92.9 cm³/mol. The molecular formula is C20H20F3NO2. The summed E-state index contributed by atoms with van der Waals surface area (Å²) >= 11 is 0. The van der Waals surface area contributed by atoms with Crippen molar-refractivity contribution in [2.24, 2.45) is 5.92 Å². The topological polar surface area (TPSA) is 38.3 Å². The van der Waals surface area contributed by atoms with Crippen LogP contribution in [0.25, 0.3) is 0 Å². The number of hydrogen-bond donors (Lipinski definition) is 1. The van der Waals surface area contributed by atoms with Crippen LogP contribution in [0.15, 0.2) is 42.5 Å². The standard InChI is InChI=1S/C20H20F3NO2/c1-13-5-8-17(24-19(25)11-14-6-7-14)18(9-13)26-12-15-3-2-4-16(10-15)20(21,22)23/h2-5,8-10,14H,6-7,11-12H2,1H3,(H,24,25). The van der Waals surface area contributed by atoms with Crippen molar-refractivity contribution in [1.29, 1.82) is 0 Å². The fourth-order valence-electron chi connectivity index (χ4n) is 2.64. The minimum atomic E-state index is -4.39. The molecule has 1 aliphatic carbocycles. The van der Waals surface area contributed by atoms with Crippen molar-refractivity contribution in [1.82, 2.24) is 0 Å². The first-order valence-electron chi connectivity index (χ1n) is 8.51. The van der Waals surface area contributed by atoms with E-state index in [-0.39, 0.29) is 12.5 Å².